The van der Waals surface area contributed by atoms with Crippen molar-refractivity contribution in [3.63, 3.8) is 0 Å². The average Bonchev–Trinajstić information content (AvgIpc) is 3.04. The van der Waals surface area contributed by atoms with Crippen molar-refractivity contribution in [3.8, 4) is 0 Å². The van der Waals surface area contributed by atoms with Gasteiger partial charge in [-0.1, -0.05) is 0 Å². The smallest absolute Gasteiger partial charge is 0.256 e. The highest BCUT2D eigenvalue weighted by atomic mass is 19.1. The van der Waals surface area contributed by atoms with Crippen LogP contribution < -0.4 is 5.32 Å². The van der Waals surface area contributed by atoms with E-state index in [0.29, 0.717) is 0 Å². The molecule has 1 aromatic carbocycles. The van der Waals surface area contributed by atoms with Crippen molar-refractivity contribution in [1.82, 2.24) is 0 Å². The normalized spacial score (nSPS) is 36.1. The van der Waals surface area contributed by atoms with Crippen LogP contribution in [0.25, 0.3) is 0 Å². The molecule has 3 heterocycles. The highest BCUT2D eigenvalue weighted by Crippen LogP contribution is 2.44. The number of nitrogens with one attached hydrogen (secondary N) is 1. The SMILES string of the molecule is CC1(C)O[C@@H]2O[C@H](C(=O)Nc3cc(F)ccc3F)[C@@H]3OC(C)(C)O[C@@H]3[C@@H]2O1. The predicted molar refractivity (Wildman–Crippen MR) is 87.5 cm³/mol. The largest absolute Gasteiger partial charge is 0.342 e. The molecule has 3 aliphatic rings. The lowest BCUT2D eigenvalue weighted by molar-refractivity contribution is -0.229. The molecule has 3 aliphatic heterocycles. The van der Waals surface area contributed by atoms with Gasteiger partial charge in [0.25, 0.3) is 5.91 Å². The maximum Gasteiger partial charge on any atom is 0.256 e. The molecule has 0 unspecified atom stereocenters. The minimum absolute atomic E-state index is 0.288. The van der Waals surface area contributed by atoms with Crippen LogP contribution in [0, 0.1) is 11.6 Å². The summed E-state index contributed by atoms with van der Waals surface area (Å²) in [7, 11) is 0. The number of amides is 1. The van der Waals surface area contributed by atoms with Crippen LogP contribution in [0.5, 0.6) is 0 Å². The molecule has 3 fully saturated rings. The number of carbonyl (C=O) groups is 1. The number of hydrogen-bond donors (Lipinski definition) is 1. The molecular weight excluding hydrogens is 364 g/mol. The van der Waals surface area contributed by atoms with Crippen molar-refractivity contribution in [2.45, 2.75) is 70.0 Å². The molecule has 0 aromatic heterocycles. The monoisotopic (exact) mass is 385 g/mol. The van der Waals surface area contributed by atoms with E-state index in [0.717, 1.165) is 18.2 Å². The van der Waals surface area contributed by atoms with E-state index in [-0.39, 0.29) is 5.69 Å². The highest BCUT2D eigenvalue weighted by Gasteiger charge is 2.62. The molecule has 27 heavy (non-hydrogen) atoms. The summed E-state index contributed by atoms with van der Waals surface area (Å²) < 4.78 is 56.4. The zero-order valence-electron chi connectivity index (χ0n) is 15.3. The van der Waals surface area contributed by atoms with E-state index in [1.54, 1.807) is 27.7 Å². The molecule has 0 spiro atoms. The summed E-state index contributed by atoms with van der Waals surface area (Å²) in [6.45, 7) is 6.87. The van der Waals surface area contributed by atoms with Crippen LogP contribution in [0.15, 0.2) is 18.2 Å². The van der Waals surface area contributed by atoms with Crippen LogP contribution in [0.2, 0.25) is 0 Å². The first-order chi connectivity index (χ1) is 12.5. The van der Waals surface area contributed by atoms with Crippen LogP contribution in [0.4, 0.5) is 14.5 Å². The summed E-state index contributed by atoms with van der Waals surface area (Å²) in [5.74, 6) is -4.02. The van der Waals surface area contributed by atoms with E-state index in [9.17, 15) is 13.6 Å². The Labute approximate surface area is 154 Å². The molecule has 3 saturated heterocycles. The van der Waals surface area contributed by atoms with Crippen molar-refractivity contribution < 1.29 is 37.3 Å². The Hall–Kier alpha value is -1.65. The molecule has 9 heteroatoms. The fraction of sp³-hybridized carbons (Fsp3) is 0.611. The van der Waals surface area contributed by atoms with E-state index in [2.05, 4.69) is 5.32 Å². The molecule has 1 aromatic rings. The summed E-state index contributed by atoms with van der Waals surface area (Å²) in [6.07, 6.45) is -4.00. The fourth-order valence-corrected chi connectivity index (χ4v) is 3.62. The second-order valence-electron chi connectivity index (χ2n) is 7.70. The molecule has 0 bridgehead atoms. The minimum atomic E-state index is -1.15. The highest BCUT2D eigenvalue weighted by molar-refractivity contribution is 5.95. The van der Waals surface area contributed by atoms with Gasteiger partial charge in [0.2, 0.25) is 0 Å². The second kappa shape index (κ2) is 6.18. The number of rotatable bonds is 2. The van der Waals surface area contributed by atoms with Gasteiger partial charge in [-0.2, -0.15) is 0 Å². The summed E-state index contributed by atoms with van der Waals surface area (Å²) in [6, 6.07) is 2.79. The molecule has 148 valence electrons. The van der Waals surface area contributed by atoms with Crippen LogP contribution in [-0.2, 0) is 28.5 Å². The van der Waals surface area contributed by atoms with Gasteiger partial charge in [-0.25, -0.2) is 8.78 Å². The van der Waals surface area contributed by atoms with Crippen molar-refractivity contribution in [2.75, 3.05) is 5.32 Å². The molecule has 0 radical (unpaired) electrons. The Balaban J connectivity index is 1.60. The van der Waals surface area contributed by atoms with E-state index in [4.69, 9.17) is 23.7 Å². The van der Waals surface area contributed by atoms with Gasteiger partial charge in [-0.05, 0) is 39.8 Å². The topological polar surface area (TPSA) is 75.3 Å². The van der Waals surface area contributed by atoms with E-state index >= 15 is 0 Å². The fourth-order valence-electron chi connectivity index (χ4n) is 3.62. The first kappa shape index (κ1) is 18.7. The molecular formula is C18H21F2NO6. The van der Waals surface area contributed by atoms with Gasteiger partial charge in [0.1, 0.15) is 29.9 Å². The number of halogens is 2. The maximum atomic E-state index is 13.9. The number of carbonyl (C=O) groups excluding carboxylic acids is 1. The van der Waals surface area contributed by atoms with Gasteiger partial charge >= 0.3 is 0 Å². The average molecular weight is 385 g/mol. The zero-order chi connectivity index (χ0) is 19.6. The number of hydrogen-bond acceptors (Lipinski definition) is 6. The number of fused-ring (bicyclic) bond motifs is 3. The van der Waals surface area contributed by atoms with Crippen molar-refractivity contribution in [1.29, 1.82) is 0 Å². The number of anilines is 1. The van der Waals surface area contributed by atoms with E-state index < -0.39 is 59.8 Å². The van der Waals surface area contributed by atoms with E-state index in [1.165, 1.54) is 0 Å². The Bertz CT molecular complexity index is 770. The van der Waals surface area contributed by atoms with Gasteiger partial charge in [0.05, 0.1) is 5.69 Å². The zero-order valence-corrected chi connectivity index (χ0v) is 15.3. The van der Waals surface area contributed by atoms with Crippen LogP contribution in [0.1, 0.15) is 27.7 Å². The van der Waals surface area contributed by atoms with Gasteiger partial charge in [0.15, 0.2) is 24.0 Å². The van der Waals surface area contributed by atoms with Crippen molar-refractivity contribution >= 4 is 11.6 Å². The van der Waals surface area contributed by atoms with Gasteiger partial charge in [0, 0.05) is 6.07 Å². The van der Waals surface area contributed by atoms with E-state index in [1.807, 2.05) is 0 Å². The van der Waals surface area contributed by atoms with Gasteiger partial charge in [-0.3, -0.25) is 4.79 Å². The second-order valence-corrected chi connectivity index (χ2v) is 7.70. The predicted octanol–water partition coefficient (Wildman–Crippen LogP) is 2.30. The molecule has 1 N–H and O–H groups in total. The lowest BCUT2D eigenvalue weighted by atomic mass is 9.98. The molecule has 1 amide bonds. The molecule has 7 nitrogen and oxygen atoms in total. The molecule has 4 rings (SSSR count). The van der Waals surface area contributed by atoms with Crippen LogP contribution in [-0.4, -0.2) is 48.2 Å². The van der Waals surface area contributed by atoms with Crippen molar-refractivity contribution in [2.24, 2.45) is 0 Å². The molecule has 0 saturated carbocycles. The lowest BCUT2D eigenvalue weighted by Gasteiger charge is -2.36. The standard InChI is InChI=1S/C18H21F2NO6/c1-17(2)24-11-12(25-17)14-16(27-18(3,4)26-14)23-13(11)15(22)21-10-7-8(19)5-6-9(10)20/h5-7,11-14,16H,1-4H3,(H,21,22)/t11-,12+,13+,14+,16+/m1/s1. The maximum absolute atomic E-state index is 13.9. The summed E-state index contributed by atoms with van der Waals surface area (Å²) >= 11 is 0. The lowest BCUT2D eigenvalue weighted by Crippen LogP contribution is -2.58. The molecule has 5 atom stereocenters. The Morgan fingerprint density at radius 2 is 1.59 bits per heavy atom. The first-order valence-electron chi connectivity index (χ1n) is 8.67. The Morgan fingerprint density at radius 3 is 2.33 bits per heavy atom. The third-order valence-corrected chi connectivity index (χ3v) is 4.60. The third-order valence-electron chi connectivity index (χ3n) is 4.60. The van der Waals surface area contributed by atoms with Crippen LogP contribution >= 0.6 is 0 Å². The third kappa shape index (κ3) is 3.45. The number of benzene rings is 1. The van der Waals surface area contributed by atoms with Gasteiger partial charge in [-0.15, -0.1) is 0 Å². The van der Waals surface area contributed by atoms with Gasteiger partial charge < -0.3 is 29.0 Å². The van der Waals surface area contributed by atoms with Crippen LogP contribution in [0.3, 0.4) is 0 Å². The molecule has 0 aliphatic carbocycles. The summed E-state index contributed by atoms with van der Waals surface area (Å²) in [4.78, 5) is 12.8. The minimum Gasteiger partial charge on any atom is -0.342 e. The first-order valence-corrected chi connectivity index (χ1v) is 8.67. The Kier molecular flexibility index (Phi) is 4.28. The quantitative estimate of drug-likeness (QED) is 0.842. The Morgan fingerprint density at radius 1 is 0.963 bits per heavy atom. The summed E-state index contributed by atoms with van der Waals surface area (Å²) in [5, 5.41) is 2.35. The number of ether oxygens (including phenoxy) is 5. The summed E-state index contributed by atoms with van der Waals surface area (Å²) in [5.41, 5.74) is -0.288. The van der Waals surface area contributed by atoms with Crippen molar-refractivity contribution in [3.05, 3.63) is 29.8 Å².